The minimum Gasteiger partial charge on any atom is -0.395 e. The second kappa shape index (κ2) is 4.02. The standard InChI is InChI=1S/C5H5Br3N2O/c6-3-4(7)10(1-2-11)5(8)9-3/h11H,1-2H2. The Morgan fingerprint density at radius 3 is 2.36 bits per heavy atom. The van der Waals surface area contributed by atoms with Crippen LogP contribution < -0.4 is 0 Å². The summed E-state index contributed by atoms with van der Waals surface area (Å²) in [5.74, 6) is 0. The highest BCUT2D eigenvalue weighted by Gasteiger charge is 2.09. The van der Waals surface area contributed by atoms with Gasteiger partial charge in [0.1, 0.15) is 9.21 Å². The molecule has 0 radical (unpaired) electrons. The van der Waals surface area contributed by atoms with E-state index in [0.29, 0.717) is 11.3 Å². The number of aliphatic hydroxyl groups is 1. The van der Waals surface area contributed by atoms with Gasteiger partial charge in [-0.2, -0.15) is 0 Å². The minimum absolute atomic E-state index is 0.0972. The molecule has 0 spiro atoms. The van der Waals surface area contributed by atoms with Gasteiger partial charge in [-0.15, -0.1) is 0 Å². The molecule has 0 fully saturated rings. The Hall–Kier alpha value is 0.610. The van der Waals surface area contributed by atoms with Crippen LogP contribution >= 0.6 is 47.8 Å². The molecular weight excluding hydrogens is 344 g/mol. The van der Waals surface area contributed by atoms with Gasteiger partial charge in [-0.25, -0.2) is 4.98 Å². The second-order valence-corrected chi connectivity index (χ2v) is 4.05. The van der Waals surface area contributed by atoms with E-state index in [1.54, 1.807) is 0 Å². The summed E-state index contributed by atoms with van der Waals surface area (Å²) >= 11 is 9.81. The first-order valence-corrected chi connectivity index (χ1v) is 5.22. The Morgan fingerprint density at radius 1 is 1.36 bits per heavy atom. The third kappa shape index (κ3) is 2.05. The van der Waals surface area contributed by atoms with Crippen LogP contribution in [0.1, 0.15) is 0 Å². The fourth-order valence-electron chi connectivity index (χ4n) is 0.670. The van der Waals surface area contributed by atoms with Crippen molar-refractivity contribution in [2.24, 2.45) is 0 Å². The van der Waals surface area contributed by atoms with E-state index in [-0.39, 0.29) is 6.61 Å². The van der Waals surface area contributed by atoms with Gasteiger partial charge in [-0.05, 0) is 47.8 Å². The van der Waals surface area contributed by atoms with Gasteiger partial charge in [0.05, 0.1) is 6.61 Å². The molecule has 0 bridgehead atoms. The molecule has 0 aliphatic carbocycles. The van der Waals surface area contributed by atoms with Crippen LogP contribution in [0.3, 0.4) is 0 Å². The number of nitrogens with zero attached hydrogens (tertiary/aromatic N) is 2. The van der Waals surface area contributed by atoms with Crippen molar-refractivity contribution in [2.75, 3.05) is 6.61 Å². The minimum atomic E-state index is 0.0972. The van der Waals surface area contributed by atoms with Crippen LogP contribution in [0.25, 0.3) is 0 Å². The summed E-state index contributed by atoms with van der Waals surface area (Å²) in [5, 5.41) is 8.67. The summed E-state index contributed by atoms with van der Waals surface area (Å²) in [7, 11) is 0. The Morgan fingerprint density at radius 2 is 2.00 bits per heavy atom. The van der Waals surface area contributed by atoms with Crippen LogP contribution in [0.2, 0.25) is 0 Å². The lowest BCUT2D eigenvalue weighted by Crippen LogP contribution is -2.02. The Labute approximate surface area is 89.2 Å². The summed E-state index contributed by atoms with van der Waals surface area (Å²) in [6, 6.07) is 0. The lowest BCUT2D eigenvalue weighted by Gasteiger charge is -2.00. The second-order valence-electron chi connectivity index (χ2n) is 1.84. The molecule has 11 heavy (non-hydrogen) atoms. The van der Waals surface area contributed by atoms with E-state index in [1.807, 2.05) is 4.57 Å². The maximum Gasteiger partial charge on any atom is 0.179 e. The predicted octanol–water partition coefficient (Wildman–Crippen LogP) is 2.16. The van der Waals surface area contributed by atoms with Crippen LogP contribution in [-0.2, 0) is 6.54 Å². The summed E-state index contributed by atoms with van der Waals surface area (Å²) < 4.78 is 4.07. The first kappa shape index (κ1) is 9.70. The van der Waals surface area contributed by atoms with Gasteiger partial charge in [-0.1, -0.05) is 0 Å². The zero-order chi connectivity index (χ0) is 8.43. The van der Waals surface area contributed by atoms with Crippen LogP contribution in [0.15, 0.2) is 13.9 Å². The smallest absolute Gasteiger partial charge is 0.179 e. The van der Waals surface area contributed by atoms with Crippen molar-refractivity contribution in [3.05, 3.63) is 13.9 Å². The molecule has 6 heteroatoms. The Kier molecular flexibility index (Phi) is 3.54. The maximum absolute atomic E-state index is 8.67. The Bertz CT molecular complexity index is 260. The molecule has 1 aromatic heterocycles. The van der Waals surface area contributed by atoms with Crippen LogP contribution in [-0.4, -0.2) is 21.3 Å². The van der Waals surface area contributed by atoms with Gasteiger partial charge in [0, 0.05) is 6.54 Å². The summed E-state index contributed by atoms with van der Waals surface area (Å²) in [4.78, 5) is 4.07. The lowest BCUT2D eigenvalue weighted by atomic mass is 10.7. The number of hydrogen-bond donors (Lipinski definition) is 1. The van der Waals surface area contributed by atoms with Crippen molar-refractivity contribution < 1.29 is 5.11 Å². The zero-order valence-corrected chi connectivity index (χ0v) is 10.1. The zero-order valence-electron chi connectivity index (χ0n) is 5.39. The van der Waals surface area contributed by atoms with Gasteiger partial charge in [-0.3, -0.25) is 0 Å². The normalized spacial score (nSPS) is 10.5. The summed E-state index contributed by atoms with van der Waals surface area (Å²) in [5.41, 5.74) is 0. The van der Waals surface area contributed by atoms with Crippen molar-refractivity contribution in [1.29, 1.82) is 0 Å². The van der Waals surface area contributed by atoms with E-state index in [0.717, 1.165) is 9.21 Å². The molecule has 62 valence electrons. The average molecular weight is 349 g/mol. The van der Waals surface area contributed by atoms with E-state index >= 15 is 0 Å². The number of halogens is 3. The highest BCUT2D eigenvalue weighted by atomic mass is 79.9. The fraction of sp³-hybridized carbons (Fsp3) is 0.400. The third-order valence-corrected chi connectivity index (χ3v) is 3.64. The molecule has 1 rings (SSSR count). The van der Waals surface area contributed by atoms with Crippen molar-refractivity contribution in [2.45, 2.75) is 6.54 Å². The molecule has 1 heterocycles. The summed E-state index contributed by atoms with van der Waals surface area (Å²) in [6.07, 6.45) is 0. The van der Waals surface area contributed by atoms with E-state index in [4.69, 9.17) is 5.11 Å². The maximum atomic E-state index is 8.67. The largest absolute Gasteiger partial charge is 0.395 e. The third-order valence-electron chi connectivity index (χ3n) is 1.14. The van der Waals surface area contributed by atoms with E-state index in [9.17, 15) is 0 Å². The van der Waals surface area contributed by atoms with Gasteiger partial charge >= 0.3 is 0 Å². The number of imidazole rings is 1. The lowest BCUT2D eigenvalue weighted by molar-refractivity contribution is 0.274. The van der Waals surface area contributed by atoms with Crippen LogP contribution in [0.5, 0.6) is 0 Å². The topological polar surface area (TPSA) is 38.0 Å². The molecule has 1 N–H and O–H groups in total. The molecule has 0 unspecified atom stereocenters. The van der Waals surface area contributed by atoms with Crippen molar-refractivity contribution >= 4 is 47.8 Å². The van der Waals surface area contributed by atoms with Crippen molar-refractivity contribution in [1.82, 2.24) is 9.55 Å². The van der Waals surface area contributed by atoms with E-state index < -0.39 is 0 Å². The molecule has 0 saturated carbocycles. The van der Waals surface area contributed by atoms with Crippen LogP contribution in [0.4, 0.5) is 0 Å². The fourth-order valence-corrected chi connectivity index (χ4v) is 2.49. The number of rotatable bonds is 2. The number of hydrogen-bond acceptors (Lipinski definition) is 2. The molecular formula is C5H5Br3N2O. The number of aliphatic hydroxyl groups excluding tert-OH is 1. The first-order chi connectivity index (χ1) is 5.16. The number of aromatic nitrogens is 2. The molecule has 3 nitrogen and oxygen atoms in total. The van der Waals surface area contributed by atoms with Crippen LogP contribution in [0, 0.1) is 0 Å². The predicted molar refractivity (Wildman–Crippen MR) is 52.4 cm³/mol. The summed E-state index contributed by atoms with van der Waals surface area (Å²) in [6.45, 7) is 0.625. The Balaban J connectivity index is 3.02. The molecule has 1 aromatic rings. The molecule has 0 saturated heterocycles. The highest BCUT2D eigenvalue weighted by molar-refractivity contribution is 9.13. The molecule has 0 aliphatic heterocycles. The molecule has 0 aliphatic rings. The first-order valence-electron chi connectivity index (χ1n) is 2.84. The molecule has 0 amide bonds. The highest BCUT2D eigenvalue weighted by Crippen LogP contribution is 2.26. The van der Waals surface area contributed by atoms with Gasteiger partial charge < -0.3 is 9.67 Å². The van der Waals surface area contributed by atoms with Gasteiger partial charge in [0.2, 0.25) is 0 Å². The monoisotopic (exact) mass is 346 g/mol. The SMILES string of the molecule is OCCn1c(Br)nc(Br)c1Br. The van der Waals surface area contributed by atoms with E-state index in [2.05, 4.69) is 52.8 Å². The van der Waals surface area contributed by atoms with Gasteiger partial charge in [0.25, 0.3) is 0 Å². The van der Waals surface area contributed by atoms with Crippen molar-refractivity contribution in [3.8, 4) is 0 Å². The molecule has 0 aromatic carbocycles. The van der Waals surface area contributed by atoms with Gasteiger partial charge in [0.15, 0.2) is 4.73 Å². The van der Waals surface area contributed by atoms with Crippen molar-refractivity contribution in [3.63, 3.8) is 0 Å². The average Bonchev–Trinajstić information content (AvgIpc) is 2.17. The quantitative estimate of drug-likeness (QED) is 0.889. The van der Waals surface area contributed by atoms with E-state index in [1.165, 1.54) is 0 Å². The molecule has 0 atom stereocenters.